The molecule has 0 spiro atoms. The zero-order valence-electron chi connectivity index (χ0n) is 16.7. The van der Waals surface area contributed by atoms with Crippen LogP contribution in [0.15, 0.2) is 23.3 Å². The molecule has 0 bridgehead atoms. The maximum Gasteiger partial charge on any atom is 0.333 e. The van der Waals surface area contributed by atoms with Gasteiger partial charge >= 0.3 is 11.9 Å². The van der Waals surface area contributed by atoms with Gasteiger partial charge in [-0.2, -0.15) is 0 Å². The van der Waals surface area contributed by atoms with Crippen molar-refractivity contribution >= 4 is 17.7 Å². The Kier molecular flexibility index (Phi) is 5.79. The van der Waals surface area contributed by atoms with Crippen LogP contribution >= 0.6 is 0 Å². The van der Waals surface area contributed by atoms with E-state index in [0.29, 0.717) is 24.8 Å². The summed E-state index contributed by atoms with van der Waals surface area (Å²) in [5, 5.41) is 0. The molecule has 2 rings (SSSR count). The van der Waals surface area contributed by atoms with Crippen molar-refractivity contribution in [2.45, 2.75) is 72.5 Å². The Morgan fingerprint density at radius 2 is 1.81 bits per heavy atom. The predicted octanol–water partition coefficient (Wildman–Crippen LogP) is 3.77. The Hall–Kier alpha value is -1.91. The summed E-state index contributed by atoms with van der Waals surface area (Å²) < 4.78 is 11.4. The minimum Gasteiger partial charge on any atom is -0.459 e. The minimum atomic E-state index is -0.820. The zero-order chi connectivity index (χ0) is 19.8. The predicted molar refractivity (Wildman–Crippen MR) is 98.2 cm³/mol. The van der Waals surface area contributed by atoms with Crippen molar-refractivity contribution in [2.24, 2.45) is 17.8 Å². The van der Waals surface area contributed by atoms with Crippen LogP contribution in [0, 0.1) is 17.8 Å². The van der Waals surface area contributed by atoms with Gasteiger partial charge < -0.3 is 9.47 Å². The fraction of sp³-hybridized carbons (Fsp3) is 0.667. The first-order valence-electron chi connectivity index (χ1n) is 9.23. The highest BCUT2D eigenvalue weighted by atomic mass is 16.6. The van der Waals surface area contributed by atoms with Gasteiger partial charge in [0.1, 0.15) is 11.7 Å². The SMILES string of the molecule is C=C(C)C(=O)O[C@@H]1C[C@H](C)[C@H]2CC(=O)C(C)=C2C[C@@H]1C(C)(C)OC(C)=O. The number of carbonyl (C=O) groups excluding carboxylic acids is 3. The molecule has 0 aromatic carbocycles. The van der Waals surface area contributed by atoms with Gasteiger partial charge in [0, 0.05) is 24.8 Å². The Balaban J connectivity index is 2.44. The molecule has 0 saturated heterocycles. The summed E-state index contributed by atoms with van der Waals surface area (Å²) in [4.78, 5) is 36.1. The molecule has 5 nitrogen and oxygen atoms in total. The molecule has 4 atom stereocenters. The van der Waals surface area contributed by atoms with Crippen molar-refractivity contribution in [1.29, 1.82) is 0 Å². The molecule has 5 heteroatoms. The first-order valence-corrected chi connectivity index (χ1v) is 9.23. The lowest BCUT2D eigenvalue weighted by Crippen LogP contribution is -2.44. The Morgan fingerprint density at radius 1 is 1.19 bits per heavy atom. The molecule has 0 aliphatic heterocycles. The molecule has 26 heavy (non-hydrogen) atoms. The first kappa shape index (κ1) is 20.4. The molecular formula is C21H30O5. The largest absolute Gasteiger partial charge is 0.459 e. The van der Waals surface area contributed by atoms with Gasteiger partial charge in [-0.1, -0.05) is 19.1 Å². The van der Waals surface area contributed by atoms with E-state index in [2.05, 4.69) is 13.5 Å². The zero-order valence-corrected chi connectivity index (χ0v) is 16.7. The maximum absolute atomic E-state index is 12.2. The topological polar surface area (TPSA) is 69.7 Å². The lowest BCUT2D eigenvalue weighted by atomic mass is 9.80. The van der Waals surface area contributed by atoms with Gasteiger partial charge in [0.05, 0.1) is 0 Å². The summed E-state index contributed by atoms with van der Waals surface area (Å²) in [7, 11) is 0. The van der Waals surface area contributed by atoms with E-state index in [1.807, 2.05) is 20.8 Å². The van der Waals surface area contributed by atoms with Crippen molar-refractivity contribution < 1.29 is 23.9 Å². The number of allylic oxidation sites excluding steroid dienone is 2. The van der Waals surface area contributed by atoms with E-state index in [1.54, 1.807) is 6.92 Å². The highest BCUT2D eigenvalue weighted by Gasteiger charge is 2.47. The molecule has 1 saturated carbocycles. The number of esters is 2. The molecule has 0 heterocycles. The number of Topliss-reactive ketones (excluding diaryl/α,β-unsaturated/α-hetero) is 1. The van der Waals surface area contributed by atoms with Gasteiger partial charge in [-0.05, 0) is 57.9 Å². The fourth-order valence-corrected chi connectivity index (χ4v) is 4.35. The van der Waals surface area contributed by atoms with Crippen LogP contribution in [-0.4, -0.2) is 29.4 Å². The first-order chi connectivity index (χ1) is 11.9. The molecule has 144 valence electrons. The lowest BCUT2D eigenvalue weighted by Gasteiger charge is -2.38. The molecule has 2 aliphatic rings. The van der Waals surface area contributed by atoms with Crippen LogP contribution in [0.3, 0.4) is 0 Å². The van der Waals surface area contributed by atoms with Gasteiger partial charge in [-0.25, -0.2) is 4.79 Å². The molecule has 2 aliphatic carbocycles. The van der Waals surface area contributed by atoms with Crippen molar-refractivity contribution in [3.8, 4) is 0 Å². The number of rotatable bonds is 4. The van der Waals surface area contributed by atoms with Crippen LogP contribution < -0.4 is 0 Å². The molecule has 0 N–H and O–H groups in total. The van der Waals surface area contributed by atoms with Gasteiger partial charge in [-0.15, -0.1) is 0 Å². The summed E-state index contributed by atoms with van der Waals surface area (Å²) in [5.74, 6) is -0.461. The van der Waals surface area contributed by atoms with E-state index >= 15 is 0 Å². The van der Waals surface area contributed by atoms with E-state index < -0.39 is 17.7 Å². The number of hydrogen-bond acceptors (Lipinski definition) is 5. The molecular weight excluding hydrogens is 332 g/mol. The number of ketones is 1. The average Bonchev–Trinajstić information content (AvgIpc) is 2.69. The summed E-state index contributed by atoms with van der Waals surface area (Å²) in [6, 6.07) is 0. The summed E-state index contributed by atoms with van der Waals surface area (Å²) in [6.07, 6.45) is 1.33. The summed E-state index contributed by atoms with van der Waals surface area (Å²) in [5.41, 5.74) is 1.47. The van der Waals surface area contributed by atoms with Gasteiger partial charge in [-0.3, -0.25) is 9.59 Å². The monoisotopic (exact) mass is 362 g/mol. The second kappa shape index (κ2) is 7.37. The Bertz CT molecular complexity index is 670. The maximum atomic E-state index is 12.2. The van der Waals surface area contributed by atoms with E-state index in [9.17, 15) is 14.4 Å². The van der Waals surface area contributed by atoms with Crippen LogP contribution in [0.1, 0.15) is 60.8 Å². The molecule has 0 aromatic heterocycles. The summed E-state index contributed by atoms with van der Waals surface area (Å²) >= 11 is 0. The molecule has 0 unspecified atom stereocenters. The van der Waals surface area contributed by atoms with Gasteiger partial charge in [0.2, 0.25) is 0 Å². The Morgan fingerprint density at radius 3 is 2.35 bits per heavy atom. The fourth-order valence-electron chi connectivity index (χ4n) is 4.35. The number of ether oxygens (including phenoxy) is 2. The van der Waals surface area contributed by atoms with Crippen molar-refractivity contribution in [2.75, 3.05) is 0 Å². The third-order valence-electron chi connectivity index (χ3n) is 5.84. The van der Waals surface area contributed by atoms with Gasteiger partial charge in [0.15, 0.2) is 5.78 Å². The normalized spacial score (nSPS) is 29.1. The van der Waals surface area contributed by atoms with Crippen LogP contribution in [0.25, 0.3) is 0 Å². The second-order valence-electron chi connectivity index (χ2n) is 8.33. The lowest BCUT2D eigenvalue weighted by molar-refractivity contribution is -0.170. The average molecular weight is 362 g/mol. The van der Waals surface area contributed by atoms with Crippen LogP contribution in [0.4, 0.5) is 0 Å². The van der Waals surface area contributed by atoms with Crippen molar-refractivity contribution in [3.63, 3.8) is 0 Å². The van der Waals surface area contributed by atoms with Crippen LogP contribution in [0.5, 0.6) is 0 Å². The third-order valence-corrected chi connectivity index (χ3v) is 5.84. The van der Waals surface area contributed by atoms with E-state index in [4.69, 9.17) is 9.47 Å². The van der Waals surface area contributed by atoms with Crippen LogP contribution in [0.2, 0.25) is 0 Å². The summed E-state index contributed by atoms with van der Waals surface area (Å²) in [6.45, 7) is 14.3. The highest BCUT2D eigenvalue weighted by Crippen LogP contribution is 2.47. The number of hydrogen-bond donors (Lipinski definition) is 0. The molecule has 0 aromatic rings. The standard InChI is InChI=1S/C21H30O5/c1-11(2)20(24)25-19-8-12(3)15-10-18(23)13(4)16(15)9-17(19)21(6,7)26-14(5)22/h12,15,17,19H,1,8-10H2,2-7H3/t12-,15+,17-,19+/m0/s1. The quantitative estimate of drug-likeness (QED) is 0.562. The molecule has 0 radical (unpaired) electrons. The highest BCUT2D eigenvalue weighted by molar-refractivity contribution is 5.98. The third kappa shape index (κ3) is 4.08. The van der Waals surface area contributed by atoms with E-state index in [0.717, 1.165) is 11.1 Å². The molecule has 1 fully saturated rings. The Labute approximate surface area is 155 Å². The number of carbonyl (C=O) groups is 3. The molecule has 0 amide bonds. The minimum absolute atomic E-state index is 0.173. The van der Waals surface area contributed by atoms with E-state index in [-0.39, 0.29) is 29.5 Å². The number of fused-ring (bicyclic) bond motifs is 1. The van der Waals surface area contributed by atoms with E-state index in [1.165, 1.54) is 6.92 Å². The smallest absolute Gasteiger partial charge is 0.333 e. The van der Waals surface area contributed by atoms with Gasteiger partial charge in [0.25, 0.3) is 0 Å². The second-order valence-corrected chi connectivity index (χ2v) is 8.33. The van der Waals surface area contributed by atoms with Crippen LogP contribution in [-0.2, 0) is 23.9 Å². The van der Waals surface area contributed by atoms with Crippen molar-refractivity contribution in [3.05, 3.63) is 23.3 Å². The van der Waals surface area contributed by atoms with Crippen molar-refractivity contribution in [1.82, 2.24) is 0 Å².